The summed E-state index contributed by atoms with van der Waals surface area (Å²) < 4.78 is 23.7. The summed E-state index contributed by atoms with van der Waals surface area (Å²) in [5, 5.41) is 8.59. The minimum Gasteiger partial charge on any atom is -0.265 e. The van der Waals surface area contributed by atoms with E-state index in [0.717, 1.165) is 12.5 Å². The van der Waals surface area contributed by atoms with Gasteiger partial charge in [0.15, 0.2) is 11.5 Å². The molecule has 0 saturated carbocycles. The van der Waals surface area contributed by atoms with Crippen molar-refractivity contribution in [1.29, 1.82) is 5.26 Å². The van der Waals surface area contributed by atoms with Gasteiger partial charge in [0.25, 0.3) is 0 Å². The molecule has 0 bridgehead atoms. The summed E-state index contributed by atoms with van der Waals surface area (Å²) in [6, 6.07) is 1.69. The Bertz CT molecular complexity index is 493. The summed E-state index contributed by atoms with van der Waals surface area (Å²) in [6.07, 6.45) is 2.10. The first kappa shape index (κ1) is 10.7. The topological polar surface area (TPSA) is 95.7 Å². The van der Waals surface area contributed by atoms with Gasteiger partial charge in [-0.3, -0.25) is 4.72 Å². The number of nitrogens with one attached hydrogen (secondary N) is 1. The van der Waals surface area contributed by atoms with Crippen molar-refractivity contribution in [2.45, 2.75) is 0 Å². The molecular weight excluding hydrogens is 228 g/mol. The molecule has 8 heteroatoms. The van der Waals surface area contributed by atoms with Crippen molar-refractivity contribution in [2.75, 3.05) is 11.0 Å². The van der Waals surface area contributed by atoms with Crippen molar-refractivity contribution < 1.29 is 8.42 Å². The lowest BCUT2D eigenvalue weighted by atomic mass is 10.4. The Labute approximate surface area is 85.6 Å². The number of rotatable bonds is 2. The maximum atomic E-state index is 10.8. The number of aromatic nitrogens is 2. The molecule has 0 unspecified atom stereocenters. The summed E-state index contributed by atoms with van der Waals surface area (Å²) in [7, 11) is -3.49. The van der Waals surface area contributed by atoms with Gasteiger partial charge in [-0.1, -0.05) is 11.6 Å². The molecule has 0 aliphatic rings. The van der Waals surface area contributed by atoms with E-state index >= 15 is 0 Å². The van der Waals surface area contributed by atoms with Crippen LogP contribution in [0.3, 0.4) is 0 Å². The van der Waals surface area contributed by atoms with Crippen LogP contribution in [0.15, 0.2) is 6.20 Å². The fraction of sp³-hybridized carbons (Fsp3) is 0.167. The lowest BCUT2D eigenvalue weighted by Gasteiger charge is -2.03. The van der Waals surface area contributed by atoms with Crippen LogP contribution in [0.5, 0.6) is 0 Å². The molecule has 1 aromatic heterocycles. The molecule has 1 aromatic rings. The zero-order valence-corrected chi connectivity index (χ0v) is 8.59. The highest BCUT2D eigenvalue weighted by molar-refractivity contribution is 7.92. The van der Waals surface area contributed by atoms with Crippen molar-refractivity contribution in [3.8, 4) is 6.07 Å². The predicted molar refractivity (Wildman–Crippen MR) is 50.2 cm³/mol. The number of nitrogens with zero attached hydrogens (tertiary/aromatic N) is 3. The van der Waals surface area contributed by atoms with Crippen molar-refractivity contribution in [3.63, 3.8) is 0 Å². The Morgan fingerprint density at radius 2 is 2.29 bits per heavy atom. The number of anilines is 1. The van der Waals surface area contributed by atoms with Gasteiger partial charge in [-0.25, -0.2) is 18.4 Å². The molecule has 0 radical (unpaired) electrons. The SMILES string of the molecule is CS(=O)(=O)Nc1nc(Cl)cnc1C#N. The van der Waals surface area contributed by atoms with Crippen molar-refractivity contribution in [3.05, 3.63) is 17.0 Å². The normalized spacial score (nSPS) is 10.6. The summed E-state index contributed by atoms with van der Waals surface area (Å²) in [6.45, 7) is 0. The molecule has 0 atom stereocenters. The van der Waals surface area contributed by atoms with Crippen LogP contribution in [0, 0.1) is 11.3 Å². The average Bonchev–Trinajstić information content (AvgIpc) is 2.01. The molecule has 1 heterocycles. The summed E-state index contributed by atoms with van der Waals surface area (Å²) in [5.41, 5.74) is -0.125. The molecule has 14 heavy (non-hydrogen) atoms. The van der Waals surface area contributed by atoms with E-state index in [9.17, 15) is 8.42 Å². The van der Waals surface area contributed by atoms with E-state index in [0.29, 0.717) is 0 Å². The standard InChI is InChI=1S/C6H5ClN4O2S/c1-14(12,13)11-6-4(2-8)9-3-5(7)10-6/h3H,1H3,(H,10,11). The van der Waals surface area contributed by atoms with Crippen molar-refractivity contribution in [2.24, 2.45) is 0 Å². The third kappa shape index (κ3) is 2.83. The van der Waals surface area contributed by atoms with Gasteiger partial charge in [-0.2, -0.15) is 5.26 Å². The maximum Gasteiger partial charge on any atom is 0.231 e. The zero-order chi connectivity index (χ0) is 10.8. The fourth-order valence-corrected chi connectivity index (χ4v) is 1.32. The van der Waals surface area contributed by atoms with Crippen LogP contribution in [-0.2, 0) is 10.0 Å². The second-order valence-electron chi connectivity index (χ2n) is 2.38. The molecule has 1 N–H and O–H groups in total. The molecule has 0 spiro atoms. The first-order valence-electron chi connectivity index (χ1n) is 3.33. The average molecular weight is 233 g/mol. The van der Waals surface area contributed by atoms with E-state index in [2.05, 4.69) is 9.97 Å². The molecule has 74 valence electrons. The zero-order valence-electron chi connectivity index (χ0n) is 7.02. The monoisotopic (exact) mass is 232 g/mol. The Morgan fingerprint density at radius 1 is 1.64 bits per heavy atom. The van der Waals surface area contributed by atoms with Crippen LogP contribution in [0.4, 0.5) is 5.82 Å². The van der Waals surface area contributed by atoms with Crippen LogP contribution in [0.25, 0.3) is 0 Å². The van der Waals surface area contributed by atoms with Gasteiger partial charge in [-0.15, -0.1) is 0 Å². The van der Waals surface area contributed by atoms with E-state index in [1.165, 1.54) is 0 Å². The second kappa shape index (κ2) is 3.77. The summed E-state index contributed by atoms with van der Waals surface area (Å²) >= 11 is 5.48. The third-order valence-electron chi connectivity index (χ3n) is 1.13. The molecule has 0 aliphatic carbocycles. The summed E-state index contributed by atoms with van der Waals surface area (Å²) in [4.78, 5) is 7.22. The number of hydrogen-bond donors (Lipinski definition) is 1. The number of halogens is 1. The molecule has 1 rings (SSSR count). The molecule has 0 amide bonds. The second-order valence-corrected chi connectivity index (χ2v) is 4.51. The van der Waals surface area contributed by atoms with Gasteiger partial charge in [0, 0.05) is 0 Å². The minimum absolute atomic E-state index is 0.00940. The first-order valence-corrected chi connectivity index (χ1v) is 5.60. The number of hydrogen-bond acceptors (Lipinski definition) is 5. The maximum absolute atomic E-state index is 10.8. The van der Waals surface area contributed by atoms with Crippen molar-refractivity contribution in [1.82, 2.24) is 9.97 Å². The van der Waals surface area contributed by atoms with Gasteiger partial charge in [-0.05, 0) is 0 Å². The molecule has 0 saturated heterocycles. The summed E-state index contributed by atoms with van der Waals surface area (Å²) in [5.74, 6) is -0.164. The van der Waals surface area contributed by atoms with E-state index in [1.54, 1.807) is 6.07 Å². The highest BCUT2D eigenvalue weighted by Crippen LogP contribution is 2.13. The van der Waals surface area contributed by atoms with E-state index in [4.69, 9.17) is 16.9 Å². The third-order valence-corrected chi connectivity index (χ3v) is 1.88. The van der Waals surface area contributed by atoms with Crippen LogP contribution < -0.4 is 4.72 Å². The Hall–Kier alpha value is -1.39. The Kier molecular flexibility index (Phi) is 2.88. The number of nitriles is 1. The lowest BCUT2D eigenvalue weighted by Crippen LogP contribution is -2.12. The van der Waals surface area contributed by atoms with E-state index in [1.807, 2.05) is 4.72 Å². The minimum atomic E-state index is -3.49. The quantitative estimate of drug-likeness (QED) is 0.795. The van der Waals surface area contributed by atoms with Gasteiger partial charge >= 0.3 is 0 Å². The lowest BCUT2D eigenvalue weighted by molar-refractivity contribution is 0.606. The fourth-order valence-electron chi connectivity index (χ4n) is 0.696. The van der Waals surface area contributed by atoms with Crippen molar-refractivity contribution >= 4 is 27.4 Å². The van der Waals surface area contributed by atoms with Gasteiger partial charge in [0.2, 0.25) is 10.0 Å². The van der Waals surface area contributed by atoms with Crippen LogP contribution in [0.1, 0.15) is 5.69 Å². The highest BCUT2D eigenvalue weighted by atomic mass is 35.5. The molecule has 0 aromatic carbocycles. The van der Waals surface area contributed by atoms with E-state index < -0.39 is 10.0 Å². The largest absolute Gasteiger partial charge is 0.265 e. The Morgan fingerprint density at radius 3 is 2.79 bits per heavy atom. The molecule has 0 fully saturated rings. The smallest absolute Gasteiger partial charge is 0.231 e. The van der Waals surface area contributed by atoms with Gasteiger partial charge in [0.1, 0.15) is 11.2 Å². The first-order chi connectivity index (χ1) is 6.42. The van der Waals surface area contributed by atoms with Crippen LogP contribution >= 0.6 is 11.6 Å². The van der Waals surface area contributed by atoms with Gasteiger partial charge in [0.05, 0.1) is 12.5 Å². The van der Waals surface area contributed by atoms with Crippen LogP contribution in [-0.4, -0.2) is 24.6 Å². The van der Waals surface area contributed by atoms with Gasteiger partial charge < -0.3 is 0 Å². The number of sulfonamides is 1. The molecular formula is C6H5ClN4O2S. The predicted octanol–water partition coefficient (Wildman–Crippen LogP) is 0.373. The molecule has 6 nitrogen and oxygen atoms in total. The Balaban J connectivity index is 3.20. The van der Waals surface area contributed by atoms with Crippen LogP contribution in [0.2, 0.25) is 5.15 Å². The molecule has 0 aliphatic heterocycles. The highest BCUT2D eigenvalue weighted by Gasteiger charge is 2.10. The van der Waals surface area contributed by atoms with E-state index in [-0.39, 0.29) is 16.7 Å².